The van der Waals surface area contributed by atoms with Crippen LogP contribution in [-0.4, -0.2) is 50.6 Å². The van der Waals surface area contributed by atoms with Crippen LogP contribution in [0, 0.1) is 11.3 Å². The smallest absolute Gasteiger partial charge is 0.251 e. The third-order valence-corrected chi connectivity index (χ3v) is 8.66. The number of para-hydroxylation sites is 1. The molecule has 9 nitrogen and oxygen atoms in total. The van der Waals surface area contributed by atoms with Crippen molar-refractivity contribution in [3.63, 3.8) is 0 Å². The number of nitrogens with zero attached hydrogens (tertiary/aromatic N) is 1. The number of nitrogens with one attached hydrogen (secondary N) is 3. The van der Waals surface area contributed by atoms with E-state index in [1.54, 1.807) is 32.0 Å². The molecule has 2 aromatic carbocycles. The maximum absolute atomic E-state index is 13.6. The second-order valence-corrected chi connectivity index (χ2v) is 13.0. The van der Waals surface area contributed by atoms with Crippen LogP contribution in [0.2, 0.25) is 0 Å². The third kappa shape index (κ3) is 4.80. The lowest BCUT2D eigenvalue weighted by molar-refractivity contribution is -0.134. The lowest BCUT2D eigenvalue weighted by Gasteiger charge is -2.48. The molecular weight excluding hydrogens is 508 g/mol. The number of amides is 2. The molecule has 1 fully saturated rings. The minimum atomic E-state index is -0.978. The number of carbonyl (C=O) groups excluding carboxylic acids is 2. The van der Waals surface area contributed by atoms with Crippen LogP contribution in [0.5, 0.6) is 11.5 Å². The number of aliphatic hydroxyl groups is 1. The Kier molecular flexibility index (Phi) is 6.64. The SMILES string of the molecule is CC(C)C1(C)CC(=O)N(C2CC(C)(C)Oc3ccc(C(=O)N[C@@H]4c5ccccc5OC(C)(C)[C@H]4O)cc32)C(=N)N1. The number of aliphatic hydroxyl groups excluding tert-OH is 1. The minimum absolute atomic E-state index is 0.0557. The molecule has 0 aliphatic carbocycles. The van der Waals surface area contributed by atoms with Gasteiger partial charge in [0.15, 0.2) is 5.96 Å². The van der Waals surface area contributed by atoms with E-state index < -0.39 is 34.9 Å². The van der Waals surface area contributed by atoms with Gasteiger partial charge in [-0.1, -0.05) is 32.0 Å². The number of carbonyl (C=O) groups is 2. The van der Waals surface area contributed by atoms with E-state index in [-0.39, 0.29) is 30.1 Å². The molecule has 9 heteroatoms. The summed E-state index contributed by atoms with van der Waals surface area (Å²) in [5.41, 5.74) is -0.244. The molecule has 3 aliphatic heterocycles. The van der Waals surface area contributed by atoms with Crippen LogP contribution in [0.4, 0.5) is 0 Å². The van der Waals surface area contributed by atoms with Gasteiger partial charge < -0.3 is 25.2 Å². The molecule has 3 aliphatic rings. The zero-order valence-corrected chi connectivity index (χ0v) is 24.3. The van der Waals surface area contributed by atoms with Crippen molar-refractivity contribution in [3.05, 3.63) is 59.2 Å². The summed E-state index contributed by atoms with van der Waals surface area (Å²) in [7, 11) is 0. The van der Waals surface area contributed by atoms with Crippen LogP contribution in [-0.2, 0) is 4.79 Å². The van der Waals surface area contributed by atoms with Gasteiger partial charge in [0.05, 0.1) is 18.5 Å². The molecule has 0 aromatic heterocycles. The fraction of sp³-hybridized carbons (Fsp3) is 0.516. The van der Waals surface area contributed by atoms with Crippen molar-refractivity contribution in [2.45, 2.75) is 96.2 Å². The monoisotopic (exact) mass is 548 g/mol. The van der Waals surface area contributed by atoms with Crippen LogP contribution >= 0.6 is 0 Å². The van der Waals surface area contributed by atoms with Gasteiger partial charge in [-0.15, -0.1) is 0 Å². The Balaban J connectivity index is 1.47. The Morgan fingerprint density at radius 1 is 1.07 bits per heavy atom. The van der Waals surface area contributed by atoms with E-state index in [4.69, 9.17) is 14.9 Å². The molecule has 1 saturated heterocycles. The second kappa shape index (κ2) is 9.51. The number of hydrogen-bond donors (Lipinski definition) is 4. The van der Waals surface area contributed by atoms with Crippen LogP contribution in [0.1, 0.15) is 94.9 Å². The first-order valence-electron chi connectivity index (χ1n) is 13.9. The Morgan fingerprint density at radius 3 is 2.42 bits per heavy atom. The first kappa shape index (κ1) is 28.0. The van der Waals surface area contributed by atoms with Crippen LogP contribution in [0.15, 0.2) is 42.5 Å². The minimum Gasteiger partial charge on any atom is -0.487 e. The average molecular weight is 549 g/mol. The summed E-state index contributed by atoms with van der Waals surface area (Å²) in [6.45, 7) is 13.5. The Bertz CT molecular complexity index is 1350. The zero-order valence-electron chi connectivity index (χ0n) is 24.3. The van der Waals surface area contributed by atoms with Gasteiger partial charge in [0.25, 0.3) is 5.91 Å². The maximum Gasteiger partial charge on any atom is 0.251 e. The van der Waals surface area contributed by atoms with Gasteiger partial charge in [-0.3, -0.25) is 19.9 Å². The normalized spacial score (nSPS) is 28.5. The van der Waals surface area contributed by atoms with E-state index in [9.17, 15) is 14.7 Å². The molecule has 214 valence electrons. The molecule has 0 spiro atoms. The Hall–Kier alpha value is -3.59. The van der Waals surface area contributed by atoms with Crippen molar-refractivity contribution in [2.24, 2.45) is 5.92 Å². The molecule has 0 bridgehead atoms. The molecule has 3 heterocycles. The molecule has 2 aromatic rings. The predicted molar refractivity (Wildman–Crippen MR) is 151 cm³/mol. The van der Waals surface area contributed by atoms with Crippen LogP contribution < -0.4 is 20.1 Å². The highest BCUT2D eigenvalue weighted by Crippen LogP contribution is 2.45. The Morgan fingerprint density at radius 2 is 1.75 bits per heavy atom. The van der Waals surface area contributed by atoms with E-state index >= 15 is 0 Å². The van der Waals surface area contributed by atoms with Crippen molar-refractivity contribution in [1.82, 2.24) is 15.5 Å². The van der Waals surface area contributed by atoms with Crippen molar-refractivity contribution in [1.29, 1.82) is 5.41 Å². The standard InChI is InChI=1S/C31H40N4O5/c1-17(2)31(7)16-24(36)35(28(32)34-31)21-15-29(3,4)39-23-13-12-18(14-20(21)23)27(38)33-25-19-10-8-9-11-22(19)40-30(5,6)26(25)37/h8-14,17,21,25-26,37H,15-16H2,1-7H3,(H2,32,34)(H,33,38)/t21?,25-,26+,31?/m1/s1. The lowest BCUT2D eigenvalue weighted by atomic mass is 9.81. The van der Waals surface area contributed by atoms with Gasteiger partial charge in [0, 0.05) is 28.7 Å². The highest BCUT2D eigenvalue weighted by molar-refractivity contribution is 6.00. The number of guanidine groups is 1. The first-order chi connectivity index (χ1) is 18.6. The molecule has 5 rings (SSSR count). The molecule has 4 N–H and O–H groups in total. The average Bonchev–Trinajstić information content (AvgIpc) is 2.85. The fourth-order valence-corrected chi connectivity index (χ4v) is 5.89. The van der Waals surface area contributed by atoms with Crippen molar-refractivity contribution in [2.75, 3.05) is 0 Å². The van der Waals surface area contributed by atoms with E-state index in [2.05, 4.69) is 10.6 Å². The van der Waals surface area contributed by atoms with Gasteiger partial charge in [0.2, 0.25) is 5.91 Å². The van der Waals surface area contributed by atoms with Gasteiger partial charge in [-0.2, -0.15) is 0 Å². The summed E-state index contributed by atoms with van der Waals surface area (Å²) in [5.74, 6) is 0.907. The number of hydrogen-bond acceptors (Lipinski definition) is 6. The van der Waals surface area contributed by atoms with Crippen LogP contribution in [0.3, 0.4) is 0 Å². The highest BCUT2D eigenvalue weighted by Gasteiger charge is 2.47. The molecule has 0 saturated carbocycles. The quantitative estimate of drug-likeness (QED) is 0.447. The molecule has 4 atom stereocenters. The first-order valence-corrected chi connectivity index (χ1v) is 13.9. The molecule has 2 unspecified atom stereocenters. The fourth-order valence-electron chi connectivity index (χ4n) is 5.89. The molecule has 0 radical (unpaired) electrons. The van der Waals surface area contributed by atoms with E-state index in [1.807, 2.05) is 58.9 Å². The summed E-state index contributed by atoms with van der Waals surface area (Å²) >= 11 is 0. The van der Waals surface area contributed by atoms with Crippen molar-refractivity contribution in [3.8, 4) is 11.5 Å². The topological polar surface area (TPSA) is 124 Å². The van der Waals surface area contributed by atoms with Crippen molar-refractivity contribution >= 4 is 17.8 Å². The van der Waals surface area contributed by atoms with Crippen LogP contribution in [0.25, 0.3) is 0 Å². The maximum atomic E-state index is 13.6. The highest BCUT2D eigenvalue weighted by atomic mass is 16.5. The largest absolute Gasteiger partial charge is 0.487 e. The molecular formula is C31H40N4O5. The molecule has 2 amide bonds. The predicted octanol–water partition coefficient (Wildman–Crippen LogP) is 4.46. The molecule has 40 heavy (non-hydrogen) atoms. The van der Waals surface area contributed by atoms with Gasteiger partial charge >= 0.3 is 0 Å². The summed E-state index contributed by atoms with van der Waals surface area (Å²) < 4.78 is 12.2. The second-order valence-electron chi connectivity index (χ2n) is 13.0. The van der Waals surface area contributed by atoms with E-state index in [0.29, 0.717) is 34.6 Å². The summed E-state index contributed by atoms with van der Waals surface area (Å²) in [6, 6.07) is 11.4. The number of ether oxygens (including phenoxy) is 2. The lowest BCUT2D eigenvalue weighted by Crippen LogP contribution is -2.64. The van der Waals surface area contributed by atoms with E-state index in [0.717, 1.165) is 0 Å². The van der Waals surface area contributed by atoms with Gasteiger partial charge in [-0.25, -0.2) is 0 Å². The van der Waals surface area contributed by atoms with Crippen molar-refractivity contribution < 1.29 is 24.2 Å². The number of fused-ring (bicyclic) bond motifs is 2. The van der Waals surface area contributed by atoms with Gasteiger partial charge in [-0.05, 0) is 64.8 Å². The van der Waals surface area contributed by atoms with E-state index in [1.165, 1.54) is 4.90 Å². The summed E-state index contributed by atoms with van der Waals surface area (Å²) in [4.78, 5) is 28.7. The number of benzene rings is 2. The van der Waals surface area contributed by atoms with Gasteiger partial charge in [0.1, 0.15) is 28.8 Å². The zero-order chi connectivity index (χ0) is 29.2. The Labute approximate surface area is 235 Å². The number of rotatable bonds is 4. The summed E-state index contributed by atoms with van der Waals surface area (Å²) in [6.07, 6.45) is -0.259. The third-order valence-electron chi connectivity index (χ3n) is 8.66. The summed E-state index contributed by atoms with van der Waals surface area (Å²) in [5, 5.41) is 26.2.